The van der Waals surface area contributed by atoms with Crippen LogP contribution in [-0.2, 0) is 38.3 Å². The first kappa shape index (κ1) is 64.9. The second-order valence-corrected chi connectivity index (χ2v) is 20.9. The molecule has 0 spiro atoms. The summed E-state index contributed by atoms with van der Waals surface area (Å²) in [5.41, 5.74) is 0. The molecule has 4 N–H and O–H groups in total. The smallest absolute Gasteiger partial charge is 0.397 e. The molecule has 0 saturated carbocycles. The summed E-state index contributed by atoms with van der Waals surface area (Å²) in [6, 6.07) is 0. The first-order valence-electron chi connectivity index (χ1n) is 28.4. The van der Waals surface area contributed by atoms with E-state index in [0.717, 1.165) is 44.9 Å². The molecule has 0 radical (unpaired) electrons. The maximum absolute atomic E-state index is 12.9. The van der Waals surface area contributed by atoms with E-state index in [2.05, 4.69) is 30.2 Å². The van der Waals surface area contributed by atoms with E-state index >= 15 is 0 Å². The van der Waals surface area contributed by atoms with Crippen LogP contribution in [-0.4, -0.2) is 97.5 Å². The lowest BCUT2D eigenvalue weighted by Gasteiger charge is -2.41. The number of esters is 1. The van der Waals surface area contributed by atoms with Crippen molar-refractivity contribution in [2.45, 2.75) is 307 Å². The average molecular weight is 992 g/mol. The van der Waals surface area contributed by atoms with Gasteiger partial charge in [0.15, 0.2) is 6.29 Å². The zero-order valence-corrected chi connectivity index (χ0v) is 44.5. The van der Waals surface area contributed by atoms with Crippen molar-refractivity contribution in [3.8, 4) is 0 Å². The molecule has 0 aromatic rings. The summed E-state index contributed by atoms with van der Waals surface area (Å²) >= 11 is 0. The van der Waals surface area contributed by atoms with Gasteiger partial charge in [0.1, 0.15) is 30.5 Å². The van der Waals surface area contributed by atoms with Crippen molar-refractivity contribution in [3.63, 3.8) is 0 Å². The van der Waals surface area contributed by atoms with Gasteiger partial charge in [-0.3, -0.25) is 9.35 Å². The first-order valence-corrected chi connectivity index (χ1v) is 29.8. The second-order valence-electron chi connectivity index (χ2n) is 19.9. The number of aliphatic hydroxyl groups is 3. The van der Waals surface area contributed by atoms with Crippen molar-refractivity contribution >= 4 is 16.4 Å². The maximum Gasteiger partial charge on any atom is 0.397 e. The summed E-state index contributed by atoms with van der Waals surface area (Å²) in [5.74, 6) is -0.394. The van der Waals surface area contributed by atoms with Crippen molar-refractivity contribution < 1.29 is 56.2 Å². The molecule has 0 amide bonds. The van der Waals surface area contributed by atoms with Crippen LogP contribution in [0.5, 0.6) is 0 Å². The summed E-state index contributed by atoms with van der Waals surface area (Å²) in [6.07, 6.45) is 45.4. The largest absolute Gasteiger partial charge is 0.457 e. The Morgan fingerprint density at radius 3 is 1.32 bits per heavy atom. The highest BCUT2D eigenvalue weighted by molar-refractivity contribution is 7.80. The maximum atomic E-state index is 12.9. The quantitative estimate of drug-likeness (QED) is 0.0196. The fourth-order valence-electron chi connectivity index (χ4n) is 9.08. The minimum absolute atomic E-state index is 0.0379. The van der Waals surface area contributed by atoms with Crippen molar-refractivity contribution in [1.82, 2.24) is 0 Å². The van der Waals surface area contributed by atoms with E-state index in [1.165, 1.54) is 199 Å². The van der Waals surface area contributed by atoms with Crippen LogP contribution in [0.3, 0.4) is 0 Å². The van der Waals surface area contributed by atoms with Gasteiger partial charge in [0.2, 0.25) is 0 Å². The van der Waals surface area contributed by atoms with Crippen LogP contribution in [0.2, 0.25) is 0 Å². The van der Waals surface area contributed by atoms with Gasteiger partial charge < -0.3 is 34.3 Å². The normalized spacial score (nSPS) is 19.3. The van der Waals surface area contributed by atoms with Gasteiger partial charge >= 0.3 is 16.4 Å². The highest BCUT2D eigenvalue weighted by Gasteiger charge is 2.48. The van der Waals surface area contributed by atoms with Crippen LogP contribution in [0.15, 0.2) is 12.2 Å². The standard InChI is InChI=1S/C55H106O12S/c1-3-5-7-9-11-13-15-17-19-21-22-23-24-25-26-27-28-30-32-34-36-38-40-42-44-51(57)65-49(48-64-55-53(59)54(67-68(60,61)62)52(58)50(46-56)66-55)47-63-45-43-41-39-37-35-33-31-29-20-18-16-14-12-10-8-6-4-2/h20,29,49-50,52-56,58-59H,3-19,21-28,30-48H2,1-2H3,(H,60,61,62)/b29-20-. The average Bonchev–Trinajstić information content (AvgIpc) is 3.31. The molecule has 6 atom stereocenters. The van der Waals surface area contributed by atoms with E-state index in [4.69, 9.17) is 18.9 Å². The van der Waals surface area contributed by atoms with Gasteiger partial charge in [-0.15, -0.1) is 0 Å². The molecule has 0 aromatic carbocycles. The molecule has 1 rings (SSSR count). The summed E-state index contributed by atoms with van der Waals surface area (Å²) in [4.78, 5) is 12.9. The molecule has 1 aliphatic heterocycles. The lowest BCUT2D eigenvalue weighted by molar-refractivity contribution is -0.301. The monoisotopic (exact) mass is 991 g/mol. The molecule has 0 aromatic heterocycles. The zero-order chi connectivity index (χ0) is 49.6. The fourth-order valence-corrected chi connectivity index (χ4v) is 9.59. The predicted octanol–water partition coefficient (Wildman–Crippen LogP) is 13.8. The Balaban J connectivity index is 2.28. The van der Waals surface area contributed by atoms with E-state index in [1.807, 2.05) is 0 Å². The predicted molar refractivity (Wildman–Crippen MR) is 276 cm³/mol. The molecule has 1 saturated heterocycles. The highest BCUT2D eigenvalue weighted by atomic mass is 32.3. The summed E-state index contributed by atoms with van der Waals surface area (Å²) in [5, 5.41) is 30.8. The molecule has 0 aliphatic carbocycles. The number of carbonyl (C=O) groups excluding carboxylic acids is 1. The van der Waals surface area contributed by atoms with Crippen LogP contribution >= 0.6 is 0 Å². The second kappa shape index (κ2) is 46.9. The number of hydrogen-bond donors (Lipinski definition) is 4. The van der Waals surface area contributed by atoms with Gasteiger partial charge in [0, 0.05) is 13.0 Å². The molecule has 1 fully saturated rings. The third-order valence-corrected chi connectivity index (χ3v) is 13.9. The van der Waals surface area contributed by atoms with E-state index in [9.17, 15) is 33.1 Å². The van der Waals surface area contributed by atoms with Crippen LogP contribution in [0.25, 0.3) is 0 Å². The molecule has 68 heavy (non-hydrogen) atoms. The lowest BCUT2D eigenvalue weighted by Crippen LogP contribution is -2.60. The summed E-state index contributed by atoms with van der Waals surface area (Å²) in [7, 11) is -5.06. The van der Waals surface area contributed by atoms with Gasteiger partial charge in [-0.05, 0) is 38.5 Å². The van der Waals surface area contributed by atoms with Gasteiger partial charge in [0.25, 0.3) is 0 Å². The number of unbranched alkanes of at least 4 members (excludes halogenated alkanes) is 36. The van der Waals surface area contributed by atoms with Crippen LogP contribution in [0.4, 0.5) is 0 Å². The van der Waals surface area contributed by atoms with Crippen molar-refractivity contribution in [1.29, 1.82) is 0 Å². The molecule has 1 heterocycles. The number of rotatable bonds is 51. The minimum atomic E-state index is -5.06. The molecule has 404 valence electrons. The lowest BCUT2D eigenvalue weighted by atomic mass is 9.99. The van der Waals surface area contributed by atoms with E-state index in [-0.39, 0.29) is 19.6 Å². The van der Waals surface area contributed by atoms with E-state index in [1.54, 1.807) is 0 Å². The third kappa shape index (κ3) is 39.5. The fraction of sp³-hybridized carbons (Fsp3) is 0.945. The number of ether oxygens (including phenoxy) is 4. The Morgan fingerprint density at radius 2 is 0.926 bits per heavy atom. The van der Waals surface area contributed by atoms with Crippen LogP contribution in [0.1, 0.15) is 271 Å². The van der Waals surface area contributed by atoms with E-state index < -0.39 is 59.8 Å². The molecule has 6 unspecified atom stereocenters. The van der Waals surface area contributed by atoms with Crippen LogP contribution < -0.4 is 0 Å². The molecular formula is C55H106O12S. The Bertz CT molecular complexity index is 1240. The topological polar surface area (TPSA) is 178 Å². The number of allylic oxidation sites excluding steroid dienone is 2. The number of hydrogen-bond acceptors (Lipinski definition) is 11. The Hall–Kier alpha value is -1.16. The highest BCUT2D eigenvalue weighted by Crippen LogP contribution is 2.26. The molecule has 12 nitrogen and oxygen atoms in total. The molecule has 1 aliphatic rings. The van der Waals surface area contributed by atoms with Crippen molar-refractivity contribution in [2.75, 3.05) is 26.4 Å². The van der Waals surface area contributed by atoms with Crippen molar-refractivity contribution in [2.24, 2.45) is 0 Å². The SMILES string of the molecule is CCCCCCCCC/C=C\CCCCCCCCOCC(COC1OC(CO)C(O)C(OS(=O)(=O)O)C1O)OC(=O)CCCCCCCCCCCCCCCCCCCCCCCCCC. The number of aliphatic hydroxyl groups excluding tert-OH is 3. The summed E-state index contributed by atoms with van der Waals surface area (Å²) in [6.45, 7) is 4.04. The summed E-state index contributed by atoms with van der Waals surface area (Å²) < 4.78 is 59.4. The minimum Gasteiger partial charge on any atom is -0.457 e. The van der Waals surface area contributed by atoms with Crippen molar-refractivity contribution in [3.05, 3.63) is 12.2 Å². The zero-order valence-electron chi connectivity index (χ0n) is 43.7. The first-order chi connectivity index (χ1) is 33.1. The van der Waals surface area contributed by atoms with Gasteiger partial charge in [-0.1, -0.05) is 238 Å². The molecule has 13 heteroatoms. The number of carbonyl (C=O) groups is 1. The van der Waals surface area contributed by atoms with E-state index in [0.29, 0.717) is 13.0 Å². The Kier molecular flexibility index (Phi) is 44.7. The molecule has 0 bridgehead atoms. The van der Waals surface area contributed by atoms with Gasteiger partial charge in [0.05, 0.1) is 19.8 Å². The van der Waals surface area contributed by atoms with Crippen LogP contribution in [0, 0.1) is 0 Å². The Morgan fingerprint density at radius 1 is 0.544 bits per heavy atom. The third-order valence-electron chi connectivity index (χ3n) is 13.4. The van der Waals surface area contributed by atoms with Gasteiger partial charge in [-0.25, -0.2) is 4.18 Å². The molecular weight excluding hydrogens is 885 g/mol. The Labute approximate surface area is 417 Å². The van der Waals surface area contributed by atoms with Gasteiger partial charge in [-0.2, -0.15) is 8.42 Å².